The summed E-state index contributed by atoms with van der Waals surface area (Å²) < 4.78 is 5.22. The zero-order valence-corrected chi connectivity index (χ0v) is 11.5. The predicted molar refractivity (Wildman–Crippen MR) is 76.3 cm³/mol. The monoisotopic (exact) mass is 263 g/mol. The molecule has 0 bridgehead atoms. The predicted octanol–water partition coefficient (Wildman–Crippen LogP) is 1.70. The van der Waals surface area contributed by atoms with Crippen LogP contribution >= 0.6 is 0 Å². The molecule has 2 rings (SSSR count). The lowest BCUT2D eigenvalue weighted by Gasteiger charge is -2.23. The van der Waals surface area contributed by atoms with E-state index in [2.05, 4.69) is 10.2 Å². The van der Waals surface area contributed by atoms with Crippen LogP contribution in [0.3, 0.4) is 0 Å². The Morgan fingerprint density at radius 1 is 1.42 bits per heavy atom. The molecule has 0 radical (unpaired) electrons. The van der Waals surface area contributed by atoms with Crippen LogP contribution in [0.5, 0.6) is 5.75 Å². The Balaban J connectivity index is 2.07. The Morgan fingerprint density at radius 3 is 2.74 bits per heavy atom. The lowest BCUT2D eigenvalue weighted by Crippen LogP contribution is -2.40. The number of nitrogens with two attached hydrogens (primary N) is 1. The van der Waals surface area contributed by atoms with Crippen molar-refractivity contribution in [2.24, 2.45) is 0 Å². The van der Waals surface area contributed by atoms with Gasteiger partial charge in [-0.05, 0) is 51.1 Å². The van der Waals surface area contributed by atoms with Crippen molar-refractivity contribution in [1.29, 1.82) is 0 Å². The van der Waals surface area contributed by atoms with Gasteiger partial charge in [-0.25, -0.2) is 0 Å². The second kappa shape index (κ2) is 5.93. The van der Waals surface area contributed by atoms with Crippen molar-refractivity contribution in [2.45, 2.75) is 25.8 Å². The van der Waals surface area contributed by atoms with Crippen molar-refractivity contribution in [3.8, 4) is 5.75 Å². The van der Waals surface area contributed by atoms with Crippen molar-refractivity contribution in [3.63, 3.8) is 0 Å². The molecule has 1 atom stereocenters. The molecule has 1 heterocycles. The van der Waals surface area contributed by atoms with E-state index in [1.165, 1.54) is 12.8 Å². The summed E-state index contributed by atoms with van der Waals surface area (Å²) in [7, 11) is 1.57. The molecular formula is C14H21N3O2. The molecule has 1 unspecified atom stereocenters. The number of anilines is 2. The highest BCUT2D eigenvalue weighted by atomic mass is 16.5. The number of carbonyl (C=O) groups is 1. The van der Waals surface area contributed by atoms with Crippen LogP contribution in [0.25, 0.3) is 0 Å². The van der Waals surface area contributed by atoms with Crippen molar-refractivity contribution >= 4 is 17.3 Å². The molecule has 1 aliphatic heterocycles. The molecule has 0 aromatic heterocycles. The van der Waals surface area contributed by atoms with Gasteiger partial charge in [0.15, 0.2) is 0 Å². The fourth-order valence-corrected chi connectivity index (χ4v) is 2.36. The van der Waals surface area contributed by atoms with E-state index in [4.69, 9.17) is 10.5 Å². The van der Waals surface area contributed by atoms with E-state index >= 15 is 0 Å². The minimum Gasteiger partial charge on any atom is -0.495 e. The quantitative estimate of drug-likeness (QED) is 0.811. The zero-order valence-electron chi connectivity index (χ0n) is 11.5. The average molecular weight is 263 g/mol. The van der Waals surface area contributed by atoms with E-state index in [1.54, 1.807) is 25.3 Å². The smallest absolute Gasteiger partial charge is 0.241 e. The van der Waals surface area contributed by atoms with Gasteiger partial charge in [0.1, 0.15) is 5.75 Å². The van der Waals surface area contributed by atoms with Gasteiger partial charge in [0.25, 0.3) is 0 Å². The van der Waals surface area contributed by atoms with Crippen LogP contribution in [0.2, 0.25) is 0 Å². The number of hydrogen-bond donors (Lipinski definition) is 2. The first-order valence-electron chi connectivity index (χ1n) is 6.60. The number of rotatable bonds is 4. The maximum Gasteiger partial charge on any atom is 0.241 e. The number of nitrogens with one attached hydrogen (secondary N) is 1. The molecule has 1 aromatic carbocycles. The molecular weight excluding hydrogens is 242 g/mol. The number of carbonyl (C=O) groups excluding carboxylic acids is 1. The number of benzene rings is 1. The minimum atomic E-state index is -0.131. The van der Waals surface area contributed by atoms with Crippen LogP contribution in [0.1, 0.15) is 19.8 Å². The van der Waals surface area contributed by atoms with Crippen molar-refractivity contribution in [1.82, 2.24) is 4.90 Å². The number of hydrogen-bond acceptors (Lipinski definition) is 4. The third-order valence-corrected chi connectivity index (χ3v) is 3.55. The van der Waals surface area contributed by atoms with Gasteiger partial charge >= 0.3 is 0 Å². The molecule has 19 heavy (non-hydrogen) atoms. The van der Waals surface area contributed by atoms with Crippen molar-refractivity contribution < 1.29 is 9.53 Å². The van der Waals surface area contributed by atoms with Crippen molar-refractivity contribution in [3.05, 3.63) is 18.2 Å². The lowest BCUT2D eigenvalue weighted by molar-refractivity contribution is -0.120. The van der Waals surface area contributed by atoms with E-state index in [0.29, 0.717) is 17.1 Å². The van der Waals surface area contributed by atoms with Crippen LogP contribution in [0, 0.1) is 0 Å². The summed E-state index contributed by atoms with van der Waals surface area (Å²) in [5.74, 6) is 0.599. The fourth-order valence-electron chi connectivity index (χ4n) is 2.36. The third-order valence-electron chi connectivity index (χ3n) is 3.55. The van der Waals surface area contributed by atoms with Crippen molar-refractivity contribution in [2.75, 3.05) is 31.2 Å². The Labute approximate surface area is 113 Å². The second-order valence-electron chi connectivity index (χ2n) is 4.87. The van der Waals surface area contributed by atoms with Crippen LogP contribution in [0.15, 0.2) is 18.2 Å². The van der Waals surface area contributed by atoms with Crippen LogP contribution < -0.4 is 15.8 Å². The van der Waals surface area contributed by atoms with E-state index in [-0.39, 0.29) is 11.9 Å². The molecule has 104 valence electrons. The maximum absolute atomic E-state index is 12.2. The average Bonchev–Trinajstić information content (AvgIpc) is 2.92. The number of amides is 1. The Hall–Kier alpha value is -1.75. The molecule has 1 fully saturated rings. The summed E-state index contributed by atoms with van der Waals surface area (Å²) in [5.41, 5.74) is 6.96. The molecule has 0 spiro atoms. The summed E-state index contributed by atoms with van der Waals surface area (Å²) in [4.78, 5) is 14.4. The van der Waals surface area contributed by atoms with Crippen LogP contribution in [-0.4, -0.2) is 37.0 Å². The highest BCUT2D eigenvalue weighted by Crippen LogP contribution is 2.27. The van der Waals surface area contributed by atoms with Gasteiger partial charge in [-0.2, -0.15) is 0 Å². The minimum absolute atomic E-state index is 0.0224. The third kappa shape index (κ3) is 3.17. The first-order chi connectivity index (χ1) is 9.11. The molecule has 1 saturated heterocycles. The van der Waals surface area contributed by atoms with E-state index in [9.17, 15) is 4.79 Å². The largest absolute Gasteiger partial charge is 0.495 e. The van der Waals surface area contributed by atoms with E-state index < -0.39 is 0 Å². The summed E-state index contributed by atoms with van der Waals surface area (Å²) in [6, 6.07) is 5.09. The highest BCUT2D eigenvalue weighted by molar-refractivity contribution is 5.96. The summed E-state index contributed by atoms with van der Waals surface area (Å²) in [6.07, 6.45) is 2.33. The number of methoxy groups -OCH3 is 1. The first kappa shape index (κ1) is 13.7. The zero-order chi connectivity index (χ0) is 13.8. The lowest BCUT2D eigenvalue weighted by atomic mass is 10.2. The molecule has 1 aliphatic rings. The molecule has 3 N–H and O–H groups in total. The molecule has 1 aromatic rings. The van der Waals surface area contributed by atoms with Gasteiger partial charge < -0.3 is 15.8 Å². The summed E-state index contributed by atoms with van der Waals surface area (Å²) >= 11 is 0. The van der Waals surface area contributed by atoms with Crippen LogP contribution in [-0.2, 0) is 4.79 Å². The summed E-state index contributed by atoms with van der Waals surface area (Å²) in [6.45, 7) is 3.91. The highest BCUT2D eigenvalue weighted by Gasteiger charge is 2.24. The fraction of sp³-hybridized carbons (Fsp3) is 0.500. The normalized spacial score (nSPS) is 17.2. The SMILES string of the molecule is COc1ccc(N)cc1NC(=O)C(C)N1CCCC1. The molecule has 5 nitrogen and oxygen atoms in total. The van der Waals surface area contributed by atoms with Gasteiger partial charge in [-0.15, -0.1) is 0 Å². The van der Waals surface area contributed by atoms with E-state index in [1.807, 2.05) is 6.92 Å². The maximum atomic E-state index is 12.2. The van der Waals surface area contributed by atoms with Gasteiger partial charge in [0, 0.05) is 5.69 Å². The van der Waals surface area contributed by atoms with E-state index in [0.717, 1.165) is 13.1 Å². The summed E-state index contributed by atoms with van der Waals surface area (Å²) in [5, 5.41) is 2.89. The number of nitrogen functional groups attached to an aromatic ring is 1. The van der Waals surface area contributed by atoms with Gasteiger partial charge in [-0.3, -0.25) is 9.69 Å². The number of nitrogens with zero attached hydrogens (tertiary/aromatic N) is 1. The standard InChI is InChI=1S/C14H21N3O2/c1-10(17-7-3-4-8-17)14(18)16-12-9-11(15)5-6-13(12)19-2/h5-6,9-10H,3-4,7-8,15H2,1-2H3,(H,16,18). The molecule has 0 saturated carbocycles. The van der Waals surface area contributed by atoms with Gasteiger partial charge in [0.2, 0.25) is 5.91 Å². The first-order valence-corrected chi connectivity index (χ1v) is 6.60. The molecule has 1 amide bonds. The Bertz CT molecular complexity index is 456. The Morgan fingerprint density at radius 2 is 2.11 bits per heavy atom. The molecule has 5 heteroatoms. The van der Waals surface area contributed by atoms with Crippen LogP contribution in [0.4, 0.5) is 11.4 Å². The molecule has 0 aliphatic carbocycles. The topological polar surface area (TPSA) is 67.6 Å². The van der Waals surface area contributed by atoms with Gasteiger partial charge in [0.05, 0.1) is 18.8 Å². The van der Waals surface area contributed by atoms with Gasteiger partial charge in [-0.1, -0.05) is 0 Å². The number of ether oxygens (including phenoxy) is 1. The second-order valence-corrected chi connectivity index (χ2v) is 4.87. The number of likely N-dealkylation sites (tertiary alicyclic amines) is 1. The Kier molecular flexibility index (Phi) is 4.27.